The summed E-state index contributed by atoms with van der Waals surface area (Å²) in [5, 5.41) is 0. The van der Waals surface area contributed by atoms with E-state index >= 15 is 0 Å². The number of ether oxygens (including phenoxy) is 6. The molecule has 1 aromatic rings. The van der Waals surface area contributed by atoms with Gasteiger partial charge in [-0.25, -0.2) is 4.79 Å². The zero-order valence-corrected chi connectivity index (χ0v) is 16.5. The maximum atomic E-state index is 12.5. The fourth-order valence-corrected chi connectivity index (χ4v) is 3.39. The number of carbonyl (C=O) groups is 1. The van der Waals surface area contributed by atoms with Gasteiger partial charge in [0.15, 0.2) is 17.7 Å². The predicted octanol–water partition coefficient (Wildman–Crippen LogP) is 2.42. The molecular formula is C20H28O7. The van der Waals surface area contributed by atoms with Crippen LogP contribution in [-0.2, 0) is 39.8 Å². The lowest BCUT2D eigenvalue weighted by Gasteiger charge is -2.27. The summed E-state index contributed by atoms with van der Waals surface area (Å²) in [7, 11) is 1.33. The largest absolute Gasteiger partial charge is 0.467 e. The Morgan fingerprint density at radius 3 is 2.41 bits per heavy atom. The van der Waals surface area contributed by atoms with Crippen molar-refractivity contribution in [2.45, 2.75) is 70.3 Å². The van der Waals surface area contributed by atoms with Crippen LogP contribution < -0.4 is 0 Å². The molecule has 0 radical (unpaired) electrons. The van der Waals surface area contributed by atoms with Crippen LogP contribution in [0.15, 0.2) is 30.3 Å². The van der Waals surface area contributed by atoms with Gasteiger partial charge in [0.1, 0.15) is 18.3 Å². The number of hydrogen-bond donors (Lipinski definition) is 0. The molecule has 4 atom stereocenters. The number of methoxy groups -OCH3 is 1. The molecule has 0 bridgehead atoms. The Kier molecular flexibility index (Phi) is 5.88. The van der Waals surface area contributed by atoms with E-state index in [1.807, 2.05) is 44.2 Å². The molecule has 7 heteroatoms. The lowest BCUT2D eigenvalue weighted by Crippen LogP contribution is -2.48. The maximum absolute atomic E-state index is 12.5. The summed E-state index contributed by atoms with van der Waals surface area (Å²) in [6, 6.07) is 9.61. The molecule has 3 rings (SSSR count). The number of carbonyl (C=O) groups excluding carboxylic acids is 1. The summed E-state index contributed by atoms with van der Waals surface area (Å²) in [5.41, 5.74) is 0.947. The number of rotatable bonds is 6. The minimum Gasteiger partial charge on any atom is -0.467 e. The van der Waals surface area contributed by atoms with E-state index in [1.54, 1.807) is 13.8 Å². The van der Waals surface area contributed by atoms with Crippen molar-refractivity contribution in [3.63, 3.8) is 0 Å². The Labute approximate surface area is 159 Å². The minimum atomic E-state index is -0.950. The molecule has 2 heterocycles. The van der Waals surface area contributed by atoms with Gasteiger partial charge in [-0.15, -0.1) is 0 Å². The van der Waals surface area contributed by atoms with Gasteiger partial charge in [0, 0.05) is 0 Å². The summed E-state index contributed by atoms with van der Waals surface area (Å²) < 4.78 is 34.6. The molecule has 0 aromatic heterocycles. The van der Waals surface area contributed by atoms with Crippen LogP contribution in [0.5, 0.6) is 0 Å². The molecular weight excluding hydrogens is 352 g/mol. The molecule has 27 heavy (non-hydrogen) atoms. The van der Waals surface area contributed by atoms with Gasteiger partial charge < -0.3 is 28.4 Å². The minimum absolute atomic E-state index is 0.251. The molecule has 2 saturated heterocycles. The van der Waals surface area contributed by atoms with E-state index in [2.05, 4.69) is 0 Å². The highest BCUT2D eigenvalue weighted by Crippen LogP contribution is 2.37. The standard InChI is InChI=1S/C20H28O7/c1-19(2)24-12-14(25-19)15-16(27-20(3,4)26-15)17(18(21)22-5)23-11-13-9-7-6-8-10-13/h6-10,14-17H,11-12H2,1-5H3/t14-,15-,16+,17-/m1/s1. The fraction of sp³-hybridized carbons (Fsp3) is 0.650. The second kappa shape index (κ2) is 7.85. The van der Waals surface area contributed by atoms with Gasteiger partial charge in [-0.1, -0.05) is 30.3 Å². The maximum Gasteiger partial charge on any atom is 0.337 e. The van der Waals surface area contributed by atoms with Crippen molar-refractivity contribution in [2.75, 3.05) is 13.7 Å². The normalized spacial score (nSPS) is 30.2. The molecule has 0 amide bonds. The zero-order chi connectivity index (χ0) is 19.7. The second-order valence-corrected chi connectivity index (χ2v) is 7.67. The first-order chi connectivity index (χ1) is 12.7. The van der Waals surface area contributed by atoms with Crippen LogP contribution in [0.25, 0.3) is 0 Å². The van der Waals surface area contributed by atoms with Gasteiger partial charge in [-0.05, 0) is 33.3 Å². The first-order valence-electron chi connectivity index (χ1n) is 9.11. The summed E-state index contributed by atoms with van der Waals surface area (Å²) in [5.74, 6) is -2.11. The van der Waals surface area contributed by atoms with Gasteiger partial charge in [0.05, 0.1) is 20.3 Å². The quantitative estimate of drug-likeness (QED) is 0.702. The highest BCUT2D eigenvalue weighted by molar-refractivity contribution is 5.75. The molecule has 0 unspecified atom stereocenters. The lowest BCUT2D eigenvalue weighted by atomic mass is 10.0. The Bertz CT molecular complexity index is 643. The van der Waals surface area contributed by atoms with Crippen LogP contribution in [0.4, 0.5) is 0 Å². The second-order valence-electron chi connectivity index (χ2n) is 7.67. The van der Waals surface area contributed by atoms with E-state index in [1.165, 1.54) is 7.11 Å². The highest BCUT2D eigenvalue weighted by atomic mass is 16.8. The number of hydrogen-bond acceptors (Lipinski definition) is 7. The van der Waals surface area contributed by atoms with Crippen molar-refractivity contribution in [2.24, 2.45) is 0 Å². The van der Waals surface area contributed by atoms with E-state index in [-0.39, 0.29) is 12.7 Å². The van der Waals surface area contributed by atoms with Gasteiger partial charge >= 0.3 is 5.97 Å². The molecule has 2 aliphatic rings. The average Bonchev–Trinajstić information content (AvgIpc) is 3.14. The summed E-state index contributed by atoms with van der Waals surface area (Å²) in [4.78, 5) is 12.5. The average molecular weight is 380 g/mol. The van der Waals surface area contributed by atoms with Crippen LogP contribution in [0.3, 0.4) is 0 Å². The zero-order valence-electron chi connectivity index (χ0n) is 16.5. The molecule has 0 aliphatic carbocycles. The molecule has 0 saturated carbocycles. The third-order valence-electron chi connectivity index (χ3n) is 4.56. The van der Waals surface area contributed by atoms with Gasteiger partial charge in [-0.3, -0.25) is 0 Å². The molecule has 1 aromatic carbocycles. The van der Waals surface area contributed by atoms with Crippen molar-refractivity contribution < 1.29 is 33.2 Å². The summed E-state index contributed by atoms with van der Waals surface area (Å²) in [6.45, 7) is 7.87. The van der Waals surface area contributed by atoms with Crippen LogP contribution in [0, 0.1) is 0 Å². The number of benzene rings is 1. The Hall–Kier alpha value is -1.51. The smallest absolute Gasteiger partial charge is 0.337 e. The molecule has 2 aliphatic heterocycles. The van der Waals surface area contributed by atoms with Crippen molar-refractivity contribution in [1.82, 2.24) is 0 Å². The van der Waals surface area contributed by atoms with E-state index < -0.39 is 35.9 Å². The van der Waals surface area contributed by atoms with Crippen molar-refractivity contribution in [3.05, 3.63) is 35.9 Å². The fourth-order valence-electron chi connectivity index (χ4n) is 3.39. The molecule has 7 nitrogen and oxygen atoms in total. The van der Waals surface area contributed by atoms with Crippen molar-refractivity contribution in [3.8, 4) is 0 Å². The van der Waals surface area contributed by atoms with Crippen molar-refractivity contribution in [1.29, 1.82) is 0 Å². The van der Waals surface area contributed by atoms with Gasteiger partial charge in [0.2, 0.25) is 0 Å². The van der Waals surface area contributed by atoms with E-state index in [0.717, 1.165) is 5.56 Å². The lowest BCUT2D eigenvalue weighted by molar-refractivity contribution is -0.180. The van der Waals surface area contributed by atoms with Gasteiger partial charge in [0.25, 0.3) is 0 Å². The third-order valence-corrected chi connectivity index (χ3v) is 4.56. The Morgan fingerprint density at radius 1 is 1.11 bits per heavy atom. The molecule has 0 N–H and O–H groups in total. The SMILES string of the molecule is COC(=O)[C@H](OCc1ccccc1)[C@H]1OC(C)(C)O[C@@H]1[C@H]1COC(C)(C)O1. The Balaban J connectivity index is 1.78. The van der Waals surface area contributed by atoms with Crippen LogP contribution in [0.2, 0.25) is 0 Å². The Morgan fingerprint density at radius 2 is 1.81 bits per heavy atom. The summed E-state index contributed by atoms with van der Waals surface area (Å²) in [6.07, 6.45) is -2.53. The van der Waals surface area contributed by atoms with Crippen molar-refractivity contribution >= 4 is 5.97 Å². The first kappa shape index (κ1) is 20.2. The van der Waals surface area contributed by atoms with E-state index in [9.17, 15) is 4.79 Å². The monoisotopic (exact) mass is 380 g/mol. The topological polar surface area (TPSA) is 72.5 Å². The van der Waals surface area contributed by atoms with Crippen LogP contribution >= 0.6 is 0 Å². The highest BCUT2D eigenvalue weighted by Gasteiger charge is 2.54. The van der Waals surface area contributed by atoms with Crippen LogP contribution in [0.1, 0.15) is 33.3 Å². The predicted molar refractivity (Wildman–Crippen MR) is 95.8 cm³/mol. The van der Waals surface area contributed by atoms with E-state index in [0.29, 0.717) is 6.61 Å². The van der Waals surface area contributed by atoms with E-state index in [4.69, 9.17) is 28.4 Å². The first-order valence-corrected chi connectivity index (χ1v) is 9.11. The molecule has 150 valence electrons. The van der Waals surface area contributed by atoms with Crippen LogP contribution in [-0.4, -0.2) is 55.7 Å². The number of esters is 1. The van der Waals surface area contributed by atoms with Gasteiger partial charge in [-0.2, -0.15) is 0 Å². The summed E-state index contributed by atoms with van der Waals surface area (Å²) >= 11 is 0. The molecule has 2 fully saturated rings. The third kappa shape index (κ3) is 4.86. The molecule has 0 spiro atoms.